The maximum atomic E-state index is 12.4. The van der Waals surface area contributed by atoms with Crippen molar-refractivity contribution < 1.29 is 9.59 Å². The molecule has 0 saturated carbocycles. The van der Waals surface area contributed by atoms with E-state index in [0.717, 1.165) is 13.0 Å². The van der Waals surface area contributed by atoms with Crippen LogP contribution in [-0.2, 0) is 9.59 Å². The standard InChI is InChI=1S/C14H25N3O2S/c1-14(2,3)13(19)17-9-20-8-11(17)12(18)16-7-10-5-4-6-15-10/h10-11,15H,4-9H2,1-3H3,(H,16,18). The van der Waals surface area contributed by atoms with Gasteiger partial charge in [0.15, 0.2) is 0 Å². The van der Waals surface area contributed by atoms with Crippen LogP contribution >= 0.6 is 11.8 Å². The predicted molar refractivity (Wildman–Crippen MR) is 81.4 cm³/mol. The second-order valence-corrected chi connectivity index (χ2v) is 7.58. The van der Waals surface area contributed by atoms with Gasteiger partial charge < -0.3 is 15.5 Å². The van der Waals surface area contributed by atoms with E-state index < -0.39 is 5.41 Å². The summed E-state index contributed by atoms with van der Waals surface area (Å²) >= 11 is 1.65. The first-order valence-corrected chi connectivity index (χ1v) is 8.45. The highest BCUT2D eigenvalue weighted by Crippen LogP contribution is 2.27. The molecule has 114 valence electrons. The molecule has 0 bridgehead atoms. The zero-order chi connectivity index (χ0) is 14.8. The molecule has 6 heteroatoms. The van der Waals surface area contributed by atoms with Crippen molar-refractivity contribution in [2.75, 3.05) is 24.7 Å². The van der Waals surface area contributed by atoms with E-state index in [1.54, 1.807) is 16.7 Å². The van der Waals surface area contributed by atoms with Crippen LogP contribution in [0.15, 0.2) is 0 Å². The van der Waals surface area contributed by atoms with Gasteiger partial charge in [0.05, 0.1) is 5.88 Å². The molecule has 20 heavy (non-hydrogen) atoms. The Morgan fingerprint density at radius 1 is 1.40 bits per heavy atom. The van der Waals surface area contributed by atoms with Crippen LogP contribution in [0.25, 0.3) is 0 Å². The second kappa shape index (κ2) is 6.35. The Morgan fingerprint density at radius 3 is 2.75 bits per heavy atom. The third-order valence-electron chi connectivity index (χ3n) is 3.77. The summed E-state index contributed by atoms with van der Waals surface area (Å²) in [7, 11) is 0. The Morgan fingerprint density at radius 2 is 2.15 bits per heavy atom. The Labute approximate surface area is 125 Å². The van der Waals surface area contributed by atoms with E-state index in [4.69, 9.17) is 0 Å². The van der Waals surface area contributed by atoms with Gasteiger partial charge in [0.25, 0.3) is 0 Å². The fraction of sp³-hybridized carbons (Fsp3) is 0.857. The van der Waals surface area contributed by atoms with Crippen molar-refractivity contribution in [3.05, 3.63) is 0 Å². The van der Waals surface area contributed by atoms with Crippen LogP contribution in [0.2, 0.25) is 0 Å². The third kappa shape index (κ3) is 3.67. The largest absolute Gasteiger partial charge is 0.353 e. The average molecular weight is 299 g/mol. The first-order valence-electron chi connectivity index (χ1n) is 7.29. The molecule has 0 radical (unpaired) electrons. The van der Waals surface area contributed by atoms with Gasteiger partial charge in [-0.3, -0.25) is 9.59 Å². The zero-order valence-electron chi connectivity index (χ0n) is 12.6. The number of carbonyl (C=O) groups excluding carboxylic acids is 2. The van der Waals surface area contributed by atoms with Crippen molar-refractivity contribution in [1.82, 2.24) is 15.5 Å². The lowest BCUT2D eigenvalue weighted by atomic mass is 9.94. The third-order valence-corrected chi connectivity index (χ3v) is 4.78. The molecule has 5 nitrogen and oxygen atoms in total. The van der Waals surface area contributed by atoms with Crippen LogP contribution in [-0.4, -0.2) is 53.5 Å². The number of rotatable bonds is 3. The number of hydrogen-bond acceptors (Lipinski definition) is 4. The SMILES string of the molecule is CC(C)(C)C(=O)N1CSCC1C(=O)NCC1CCCN1. The van der Waals surface area contributed by atoms with Gasteiger partial charge in [0, 0.05) is 23.8 Å². The summed E-state index contributed by atoms with van der Waals surface area (Å²) in [6, 6.07) is 0.0768. The summed E-state index contributed by atoms with van der Waals surface area (Å²) in [4.78, 5) is 26.4. The first-order chi connectivity index (χ1) is 9.39. The van der Waals surface area contributed by atoms with Gasteiger partial charge in [0.2, 0.25) is 11.8 Å². The lowest BCUT2D eigenvalue weighted by Gasteiger charge is -2.29. The Kier molecular flexibility index (Phi) is 4.96. The van der Waals surface area contributed by atoms with E-state index in [2.05, 4.69) is 10.6 Å². The Balaban J connectivity index is 1.89. The molecule has 2 amide bonds. The number of nitrogens with one attached hydrogen (secondary N) is 2. The highest BCUT2D eigenvalue weighted by atomic mass is 32.2. The van der Waals surface area contributed by atoms with Crippen molar-refractivity contribution in [1.29, 1.82) is 0 Å². The topological polar surface area (TPSA) is 61.4 Å². The Hall–Kier alpha value is -0.750. The fourth-order valence-electron chi connectivity index (χ4n) is 2.56. The maximum absolute atomic E-state index is 12.4. The normalized spacial score (nSPS) is 26.9. The molecule has 2 atom stereocenters. The van der Waals surface area contributed by atoms with Gasteiger partial charge in [-0.25, -0.2) is 0 Å². The Bertz CT molecular complexity index is 375. The molecule has 0 aromatic heterocycles. The first kappa shape index (κ1) is 15.6. The molecule has 0 aliphatic carbocycles. The van der Waals surface area contributed by atoms with E-state index in [1.165, 1.54) is 6.42 Å². The minimum absolute atomic E-state index is 0.0127. The summed E-state index contributed by atoms with van der Waals surface area (Å²) in [5.74, 6) is 1.37. The minimum atomic E-state index is -0.434. The number of thioether (sulfide) groups is 1. The predicted octanol–water partition coefficient (Wildman–Crippen LogP) is 0.802. The van der Waals surface area contributed by atoms with Gasteiger partial charge in [-0.1, -0.05) is 20.8 Å². The highest BCUT2D eigenvalue weighted by Gasteiger charge is 2.39. The lowest BCUT2D eigenvalue weighted by Crippen LogP contribution is -2.51. The monoisotopic (exact) mass is 299 g/mol. The van der Waals surface area contributed by atoms with Gasteiger partial charge in [-0.15, -0.1) is 11.8 Å². The minimum Gasteiger partial charge on any atom is -0.353 e. The summed E-state index contributed by atoms with van der Waals surface area (Å²) < 4.78 is 0. The molecule has 2 unspecified atom stereocenters. The van der Waals surface area contributed by atoms with Crippen LogP contribution in [0, 0.1) is 5.41 Å². The molecule has 2 fully saturated rings. The quantitative estimate of drug-likeness (QED) is 0.809. The molecule has 0 aromatic rings. The van der Waals surface area contributed by atoms with Crippen molar-refractivity contribution in [3.63, 3.8) is 0 Å². The van der Waals surface area contributed by atoms with Crippen LogP contribution in [0.4, 0.5) is 0 Å². The van der Waals surface area contributed by atoms with Gasteiger partial charge in [-0.05, 0) is 19.4 Å². The smallest absolute Gasteiger partial charge is 0.243 e. The number of carbonyl (C=O) groups is 2. The highest BCUT2D eigenvalue weighted by molar-refractivity contribution is 7.99. The van der Waals surface area contributed by atoms with Gasteiger partial charge >= 0.3 is 0 Å². The van der Waals surface area contributed by atoms with E-state index in [1.807, 2.05) is 20.8 Å². The molecular weight excluding hydrogens is 274 g/mol. The maximum Gasteiger partial charge on any atom is 0.243 e. The van der Waals surface area contributed by atoms with Crippen LogP contribution in [0.5, 0.6) is 0 Å². The molecular formula is C14H25N3O2S. The van der Waals surface area contributed by atoms with Crippen molar-refractivity contribution in [3.8, 4) is 0 Å². The van der Waals surface area contributed by atoms with E-state index in [-0.39, 0.29) is 17.9 Å². The summed E-state index contributed by atoms with van der Waals surface area (Å²) in [5.41, 5.74) is -0.434. The molecule has 2 saturated heterocycles. The van der Waals surface area contributed by atoms with Gasteiger partial charge in [0.1, 0.15) is 6.04 Å². The van der Waals surface area contributed by atoms with Gasteiger partial charge in [-0.2, -0.15) is 0 Å². The molecule has 2 aliphatic heterocycles. The second-order valence-electron chi connectivity index (χ2n) is 6.58. The van der Waals surface area contributed by atoms with E-state index in [0.29, 0.717) is 24.2 Å². The lowest BCUT2D eigenvalue weighted by molar-refractivity contribution is -0.144. The molecule has 2 aliphatic rings. The number of amides is 2. The van der Waals surface area contributed by atoms with Crippen molar-refractivity contribution >= 4 is 23.6 Å². The average Bonchev–Trinajstić information content (AvgIpc) is 3.04. The summed E-state index contributed by atoms with van der Waals surface area (Å²) in [6.07, 6.45) is 2.29. The summed E-state index contributed by atoms with van der Waals surface area (Å²) in [6.45, 7) is 7.40. The number of nitrogens with zero attached hydrogens (tertiary/aromatic N) is 1. The van der Waals surface area contributed by atoms with Crippen LogP contribution < -0.4 is 10.6 Å². The van der Waals surface area contributed by atoms with E-state index in [9.17, 15) is 9.59 Å². The van der Waals surface area contributed by atoms with Crippen molar-refractivity contribution in [2.45, 2.75) is 45.7 Å². The van der Waals surface area contributed by atoms with Crippen molar-refractivity contribution in [2.24, 2.45) is 5.41 Å². The van der Waals surface area contributed by atoms with Crippen LogP contribution in [0.3, 0.4) is 0 Å². The summed E-state index contributed by atoms with van der Waals surface area (Å²) in [5, 5.41) is 6.35. The van der Waals surface area contributed by atoms with Crippen LogP contribution in [0.1, 0.15) is 33.6 Å². The molecule has 2 N–H and O–H groups in total. The fourth-order valence-corrected chi connectivity index (χ4v) is 3.72. The molecule has 0 aromatic carbocycles. The molecule has 0 spiro atoms. The zero-order valence-corrected chi connectivity index (χ0v) is 13.4. The molecule has 2 heterocycles. The van der Waals surface area contributed by atoms with E-state index >= 15 is 0 Å². The number of hydrogen-bond donors (Lipinski definition) is 2. The molecule has 2 rings (SSSR count).